The number of aromatic nitrogens is 1. The number of benzene rings is 1. The average molecular weight is 313 g/mol. The first-order valence-electron chi connectivity index (χ1n) is 6.17. The van der Waals surface area contributed by atoms with Crippen molar-refractivity contribution in [2.75, 3.05) is 12.8 Å². The number of nitrogens with two attached hydrogens (primary N) is 1. The lowest BCUT2D eigenvalue weighted by Crippen LogP contribution is -2.27. The standard InChI is InChI=1S/C13H16FN3O3S/c1-8-10(9(2)20-16-8)7-17(3)21(18,19)12-6-4-5-11(14)13(12)15/h4-6H,7,15H2,1-3H3. The predicted molar refractivity (Wildman–Crippen MR) is 75.4 cm³/mol. The van der Waals surface area contributed by atoms with Gasteiger partial charge in [-0.1, -0.05) is 11.2 Å². The Morgan fingerprint density at radius 3 is 2.62 bits per heavy atom. The van der Waals surface area contributed by atoms with Gasteiger partial charge in [-0.3, -0.25) is 0 Å². The molecular weight excluding hydrogens is 297 g/mol. The molecule has 0 aliphatic rings. The third-order valence-corrected chi connectivity index (χ3v) is 5.12. The van der Waals surface area contributed by atoms with Crippen molar-refractivity contribution in [3.8, 4) is 0 Å². The lowest BCUT2D eigenvalue weighted by Gasteiger charge is -2.18. The first-order valence-corrected chi connectivity index (χ1v) is 7.61. The normalized spacial score (nSPS) is 12.0. The lowest BCUT2D eigenvalue weighted by molar-refractivity contribution is 0.390. The van der Waals surface area contributed by atoms with Crippen molar-refractivity contribution >= 4 is 15.7 Å². The fourth-order valence-electron chi connectivity index (χ4n) is 1.95. The molecule has 2 N–H and O–H groups in total. The molecule has 114 valence electrons. The summed E-state index contributed by atoms with van der Waals surface area (Å²) in [5.41, 5.74) is 6.43. The average Bonchev–Trinajstić information content (AvgIpc) is 2.73. The summed E-state index contributed by atoms with van der Waals surface area (Å²) < 4.78 is 44.5. The number of hydrogen-bond acceptors (Lipinski definition) is 5. The van der Waals surface area contributed by atoms with Crippen molar-refractivity contribution in [3.63, 3.8) is 0 Å². The lowest BCUT2D eigenvalue weighted by atomic mass is 10.2. The van der Waals surface area contributed by atoms with E-state index in [1.165, 1.54) is 19.2 Å². The molecule has 0 amide bonds. The van der Waals surface area contributed by atoms with E-state index in [1.807, 2.05) is 0 Å². The van der Waals surface area contributed by atoms with E-state index in [2.05, 4.69) is 5.16 Å². The molecule has 2 aromatic rings. The summed E-state index contributed by atoms with van der Waals surface area (Å²) in [5, 5.41) is 3.77. The van der Waals surface area contributed by atoms with Crippen LogP contribution in [0.3, 0.4) is 0 Å². The second-order valence-electron chi connectivity index (χ2n) is 4.72. The third kappa shape index (κ3) is 2.77. The van der Waals surface area contributed by atoms with E-state index in [0.717, 1.165) is 10.4 Å². The molecule has 2 rings (SSSR count). The van der Waals surface area contributed by atoms with Crippen molar-refractivity contribution in [2.24, 2.45) is 0 Å². The Bertz CT molecular complexity index is 751. The van der Waals surface area contributed by atoms with Crippen molar-refractivity contribution in [1.82, 2.24) is 9.46 Å². The maximum atomic E-state index is 13.4. The number of aryl methyl sites for hydroxylation is 2. The van der Waals surface area contributed by atoms with Crippen molar-refractivity contribution < 1.29 is 17.3 Å². The van der Waals surface area contributed by atoms with Crippen molar-refractivity contribution in [2.45, 2.75) is 25.3 Å². The Labute approximate surface area is 122 Å². The predicted octanol–water partition coefficient (Wildman–Crippen LogP) is 1.83. The summed E-state index contributed by atoms with van der Waals surface area (Å²) in [7, 11) is -2.51. The fraction of sp³-hybridized carbons (Fsp3) is 0.308. The Morgan fingerprint density at radius 1 is 1.38 bits per heavy atom. The van der Waals surface area contributed by atoms with Gasteiger partial charge in [0.1, 0.15) is 16.5 Å². The van der Waals surface area contributed by atoms with E-state index >= 15 is 0 Å². The first kappa shape index (κ1) is 15.5. The molecule has 8 heteroatoms. The maximum absolute atomic E-state index is 13.4. The van der Waals surface area contributed by atoms with Gasteiger partial charge in [0.25, 0.3) is 0 Å². The molecule has 1 aromatic carbocycles. The minimum Gasteiger partial charge on any atom is -0.395 e. The quantitative estimate of drug-likeness (QED) is 0.870. The van der Waals surface area contributed by atoms with E-state index < -0.39 is 15.8 Å². The Kier molecular flexibility index (Phi) is 4.02. The first-order chi connectivity index (χ1) is 9.75. The van der Waals surface area contributed by atoms with Crippen LogP contribution in [0, 0.1) is 19.7 Å². The number of hydrogen-bond donors (Lipinski definition) is 1. The highest BCUT2D eigenvalue weighted by atomic mass is 32.2. The summed E-state index contributed by atoms with van der Waals surface area (Å²) in [6.45, 7) is 3.49. The summed E-state index contributed by atoms with van der Waals surface area (Å²) in [5.74, 6) is -0.219. The van der Waals surface area contributed by atoms with Gasteiger partial charge in [0.05, 0.1) is 11.4 Å². The molecule has 0 radical (unpaired) electrons. The van der Waals surface area contributed by atoms with Gasteiger partial charge < -0.3 is 10.3 Å². The van der Waals surface area contributed by atoms with E-state index in [9.17, 15) is 12.8 Å². The Morgan fingerprint density at radius 2 is 2.05 bits per heavy atom. The van der Waals surface area contributed by atoms with E-state index in [4.69, 9.17) is 10.3 Å². The SMILES string of the molecule is Cc1noc(C)c1CN(C)S(=O)(=O)c1cccc(F)c1N. The molecule has 0 bridgehead atoms. The van der Waals surface area contributed by atoms with Crippen LogP contribution < -0.4 is 5.73 Å². The van der Waals surface area contributed by atoms with Gasteiger partial charge in [-0.25, -0.2) is 12.8 Å². The molecule has 0 aliphatic carbocycles. The van der Waals surface area contributed by atoms with Gasteiger partial charge in [0.2, 0.25) is 10.0 Å². The van der Waals surface area contributed by atoms with Crippen molar-refractivity contribution in [3.05, 3.63) is 41.0 Å². The number of nitrogen functional groups attached to an aromatic ring is 1. The summed E-state index contributed by atoms with van der Waals surface area (Å²) in [6.07, 6.45) is 0. The van der Waals surface area contributed by atoms with Crippen LogP contribution in [-0.4, -0.2) is 24.9 Å². The molecule has 0 fully saturated rings. The number of halogens is 1. The highest BCUT2D eigenvalue weighted by molar-refractivity contribution is 7.89. The van der Waals surface area contributed by atoms with E-state index in [0.29, 0.717) is 17.0 Å². The molecule has 0 saturated heterocycles. The largest absolute Gasteiger partial charge is 0.395 e. The summed E-state index contributed by atoms with van der Waals surface area (Å²) >= 11 is 0. The zero-order chi connectivity index (χ0) is 15.8. The molecule has 0 unspecified atom stereocenters. The van der Waals surface area contributed by atoms with Crippen LogP contribution in [0.25, 0.3) is 0 Å². The van der Waals surface area contributed by atoms with Gasteiger partial charge in [0.15, 0.2) is 0 Å². The van der Waals surface area contributed by atoms with E-state index in [-0.39, 0.29) is 17.1 Å². The number of anilines is 1. The van der Waals surface area contributed by atoms with Crippen molar-refractivity contribution in [1.29, 1.82) is 0 Å². The number of sulfonamides is 1. The van der Waals surface area contributed by atoms with Gasteiger partial charge in [0, 0.05) is 19.2 Å². The minimum atomic E-state index is -3.90. The van der Waals surface area contributed by atoms with Gasteiger partial charge in [-0.05, 0) is 26.0 Å². The smallest absolute Gasteiger partial charge is 0.245 e. The molecule has 0 saturated carbocycles. The zero-order valence-corrected chi connectivity index (χ0v) is 12.7. The highest BCUT2D eigenvalue weighted by Crippen LogP contribution is 2.25. The highest BCUT2D eigenvalue weighted by Gasteiger charge is 2.26. The van der Waals surface area contributed by atoms with Crippen LogP contribution in [-0.2, 0) is 16.6 Å². The monoisotopic (exact) mass is 313 g/mol. The van der Waals surface area contributed by atoms with Crippen LogP contribution in [0.1, 0.15) is 17.0 Å². The zero-order valence-electron chi connectivity index (χ0n) is 11.9. The van der Waals surface area contributed by atoms with E-state index in [1.54, 1.807) is 13.8 Å². The van der Waals surface area contributed by atoms with Gasteiger partial charge in [-0.15, -0.1) is 0 Å². The molecule has 21 heavy (non-hydrogen) atoms. The summed E-state index contributed by atoms with van der Waals surface area (Å²) in [4.78, 5) is -0.253. The number of nitrogens with zero attached hydrogens (tertiary/aromatic N) is 2. The Hall–Kier alpha value is -1.93. The number of para-hydroxylation sites is 1. The molecule has 6 nitrogen and oxygen atoms in total. The topological polar surface area (TPSA) is 89.4 Å². The van der Waals surface area contributed by atoms with Gasteiger partial charge >= 0.3 is 0 Å². The number of rotatable bonds is 4. The van der Waals surface area contributed by atoms with Crippen LogP contribution in [0.5, 0.6) is 0 Å². The molecule has 0 spiro atoms. The van der Waals surface area contributed by atoms with Crippen LogP contribution in [0.15, 0.2) is 27.6 Å². The van der Waals surface area contributed by atoms with Crippen LogP contribution in [0.4, 0.5) is 10.1 Å². The molecular formula is C13H16FN3O3S. The second kappa shape index (κ2) is 5.45. The minimum absolute atomic E-state index is 0.0689. The molecule has 1 aromatic heterocycles. The maximum Gasteiger partial charge on any atom is 0.245 e. The Balaban J connectivity index is 2.38. The molecule has 0 atom stereocenters. The van der Waals surface area contributed by atoms with Crippen LogP contribution in [0.2, 0.25) is 0 Å². The molecule has 0 aliphatic heterocycles. The molecule has 1 heterocycles. The summed E-state index contributed by atoms with van der Waals surface area (Å²) in [6, 6.07) is 3.70. The fourth-order valence-corrected chi connectivity index (χ4v) is 3.21. The third-order valence-electron chi connectivity index (χ3n) is 3.26. The van der Waals surface area contributed by atoms with Crippen LogP contribution >= 0.6 is 0 Å². The van der Waals surface area contributed by atoms with Gasteiger partial charge in [-0.2, -0.15) is 4.31 Å². The second-order valence-corrected chi connectivity index (χ2v) is 6.73.